The molecule has 2 rings (SSSR count). The first-order valence-corrected chi connectivity index (χ1v) is 5.94. The molecule has 0 saturated heterocycles. The van der Waals surface area contributed by atoms with Crippen LogP contribution in [0, 0.1) is 0 Å². The molecule has 0 amide bonds. The zero-order chi connectivity index (χ0) is 10.8. The second kappa shape index (κ2) is 4.31. The van der Waals surface area contributed by atoms with Crippen LogP contribution in [0.1, 0.15) is 50.8 Å². The molecular formula is C11H20N4. The van der Waals surface area contributed by atoms with E-state index in [1.165, 1.54) is 0 Å². The molecule has 2 N–H and O–H groups in total. The van der Waals surface area contributed by atoms with E-state index in [0.717, 1.165) is 43.8 Å². The van der Waals surface area contributed by atoms with E-state index in [-0.39, 0.29) is 0 Å². The molecule has 1 saturated carbocycles. The molecule has 0 aromatic carbocycles. The number of hydrogen-bond donors (Lipinski definition) is 1. The lowest BCUT2D eigenvalue weighted by molar-refractivity contribution is 0.441. The van der Waals surface area contributed by atoms with Gasteiger partial charge >= 0.3 is 0 Å². The van der Waals surface area contributed by atoms with Gasteiger partial charge in [0, 0.05) is 18.9 Å². The number of aryl methyl sites for hydroxylation is 2. The Hall–Kier alpha value is -0.900. The van der Waals surface area contributed by atoms with E-state index in [1.807, 2.05) is 0 Å². The third-order valence-corrected chi connectivity index (χ3v) is 3.17. The van der Waals surface area contributed by atoms with Crippen LogP contribution in [0.2, 0.25) is 0 Å². The number of nitrogens with zero attached hydrogens (tertiary/aromatic N) is 3. The van der Waals surface area contributed by atoms with Gasteiger partial charge in [0.1, 0.15) is 5.82 Å². The molecule has 1 aliphatic carbocycles. The molecule has 84 valence electrons. The Labute approximate surface area is 90.9 Å². The largest absolute Gasteiger partial charge is 0.328 e. The molecule has 0 spiro atoms. The maximum Gasteiger partial charge on any atom is 0.150 e. The SMILES string of the molecule is CCc1nc(CC)n(C2CCC(N)C2)n1. The summed E-state index contributed by atoms with van der Waals surface area (Å²) in [6, 6.07) is 0.844. The van der Waals surface area contributed by atoms with Crippen molar-refractivity contribution < 1.29 is 0 Å². The highest BCUT2D eigenvalue weighted by Gasteiger charge is 2.25. The fourth-order valence-corrected chi connectivity index (χ4v) is 2.30. The minimum atomic E-state index is 0.356. The average Bonchev–Trinajstić information content (AvgIpc) is 2.82. The number of rotatable bonds is 3. The summed E-state index contributed by atoms with van der Waals surface area (Å²) in [4.78, 5) is 4.53. The van der Waals surface area contributed by atoms with Gasteiger partial charge in [0.2, 0.25) is 0 Å². The summed E-state index contributed by atoms with van der Waals surface area (Å²) < 4.78 is 2.12. The Bertz CT molecular complexity index is 331. The first-order chi connectivity index (χ1) is 7.24. The highest BCUT2D eigenvalue weighted by molar-refractivity contribution is 4.97. The van der Waals surface area contributed by atoms with Crippen molar-refractivity contribution >= 4 is 0 Å². The number of nitrogens with two attached hydrogens (primary N) is 1. The van der Waals surface area contributed by atoms with Gasteiger partial charge in [-0.3, -0.25) is 0 Å². The van der Waals surface area contributed by atoms with Crippen molar-refractivity contribution in [3.05, 3.63) is 11.6 Å². The zero-order valence-corrected chi connectivity index (χ0v) is 9.61. The molecule has 1 aromatic rings. The Morgan fingerprint density at radius 1 is 1.33 bits per heavy atom. The standard InChI is InChI=1S/C11H20N4/c1-3-10-13-11(4-2)15(14-10)9-6-5-8(12)7-9/h8-9H,3-7,12H2,1-2H3. The molecule has 15 heavy (non-hydrogen) atoms. The van der Waals surface area contributed by atoms with E-state index >= 15 is 0 Å². The van der Waals surface area contributed by atoms with Gasteiger partial charge in [-0.2, -0.15) is 5.10 Å². The summed E-state index contributed by atoms with van der Waals surface area (Å²) in [6.45, 7) is 4.23. The molecule has 0 radical (unpaired) electrons. The molecule has 1 aromatic heterocycles. The summed E-state index contributed by atoms with van der Waals surface area (Å²) in [5.74, 6) is 2.08. The number of hydrogen-bond acceptors (Lipinski definition) is 3. The van der Waals surface area contributed by atoms with Crippen LogP contribution in [0.25, 0.3) is 0 Å². The maximum atomic E-state index is 5.93. The van der Waals surface area contributed by atoms with Crippen LogP contribution in [0.3, 0.4) is 0 Å². The molecule has 1 aliphatic rings. The van der Waals surface area contributed by atoms with Gasteiger partial charge in [-0.15, -0.1) is 0 Å². The third kappa shape index (κ3) is 2.04. The van der Waals surface area contributed by atoms with Gasteiger partial charge in [0.15, 0.2) is 5.82 Å². The fourth-order valence-electron chi connectivity index (χ4n) is 2.30. The summed E-state index contributed by atoms with van der Waals surface area (Å²) >= 11 is 0. The molecule has 4 heteroatoms. The molecule has 1 fully saturated rings. The Morgan fingerprint density at radius 3 is 2.67 bits per heavy atom. The molecule has 0 aliphatic heterocycles. The topological polar surface area (TPSA) is 56.7 Å². The van der Waals surface area contributed by atoms with Gasteiger partial charge in [0.25, 0.3) is 0 Å². The van der Waals surface area contributed by atoms with Crippen LogP contribution in [0.15, 0.2) is 0 Å². The normalized spacial score (nSPS) is 26.1. The minimum Gasteiger partial charge on any atom is -0.328 e. The first kappa shape index (κ1) is 10.6. The van der Waals surface area contributed by atoms with E-state index in [1.54, 1.807) is 0 Å². The van der Waals surface area contributed by atoms with Crippen molar-refractivity contribution in [1.82, 2.24) is 14.8 Å². The summed E-state index contributed by atoms with van der Waals surface area (Å²) in [5.41, 5.74) is 5.93. The minimum absolute atomic E-state index is 0.356. The van der Waals surface area contributed by atoms with Gasteiger partial charge in [0.05, 0.1) is 6.04 Å². The van der Waals surface area contributed by atoms with Crippen molar-refractivity contribution in [2.75, 3.05) is 0 Å². The summed E-state index contributed by atoms with van der Waals surface area (Å²) in [5, 5.41) is 4.57. The van der Waals surface area contributed by atoms with Crippen molar-refractivity contribution in [3.63, 3.8) is 0 Å². The predicted molar refractivity (Wildman–Crippen MR) is 59.6 cm³/mol. The quantitative estimate of drug-likeness (QED) is 0.818. The van der Waals surface area contributed by atoms with Crippen molar-refractivity contribution in [1.29, 1.82) is 0 Å². The van der Waals surface area contributed by atoms with Crippen molar-refractivity contribution in [2.24, 2.45) is 5.73 Å². The zero-order valence-electron chi connectivity index (χ0n) is 9.61. The molecular weight excluding hydrogens is 188 g/mol. The third-order valence-electron chi connectivity index (χ3n) is 3.17. The van der Waals surface area contributed by atoms with Crippen LogP contribution >= 0.6 is 0 Å². The van der Waals surface area contributed by atoms with E-state index < -0.39 is 0 Å². The summed E-state index contributed by atoms with van der Waals surface area (Å²) in [6.07, 6.45) is 5.20. The fraction of sp³-hybridized carbons (Fsp3) is 0.818. The lowest BCUT2D eigenvalue weighted by Crippen LogP contribution is -2.17. The Kier molecular flexibility index (Phi) is 3.05. The van der Waals surface area contributed by atoms with E-state index in [4.69, 9.17) is 5.73 Å². The smallest absolute Gasteiger partial charge is 0.150 e. The van der Waals surface area contributed by atoms with E-state index in [9.17, 15) is 0 Å². The van der Waals surface area contributed by atoms with E-state index in [2.05, 4.69) is 28.6 Å². The molecule has 0 bridgehead atoms. The van der Waals surface area contributed by atoms with Crippen LogP contribution in [-0.4, -0.2) is 20.8 Å². The van der Waals surface area contributed by atoms with Crippen molar-refractivity contribution in [2.45, 2.75) is 58.0 Å². The second-order valence-corrected chi connectivity index (χ2v) is 4.32. The maximum absolute atomic E-state index is 5.93. The van der Waals surface area contributed by atoms with Gasteiger partial charge in [-0.25, -0.2) is 9.67 Å². The molecule has 4 nitrogen and oxygen atoms in total. The van der Waals surface area contributed by atoms with Gasteiger partial charge in [-0.05, 0) is 19.3 Å². The predicted octanol–water partition coefficient (Wildman–Crippen LogP) is 1.46. The second-order valence-electron chi connectivity index (χ2n) is 4.32. The van der Waals surface area contributed by atoms with Crippen LogP contribution < -0.4 is 5.73 Å². The first-order valence-electron chi connectivity index (χ1n) is 5.94. The monoisotopic (exact) mass is 208 g/mol. The lowest BCUT2D eigenvalue weighted by Gasteiger charge is -2.12. The lowest BCUT2D eigenvalue weighted by atomic mass is 10.2. The van der Waals surface area contributed by atoms with Crippen molar-refractivity contribution in [3.8, 4) is 0 Å². The Balaban J connectivity index is 2.22. The van der Waals surface area contributed by atoms with Gasteiger partial charge in [-0.1, -0.05) is 13.8 Å². The van der Waals surface area contributed by atoms with Crippen LogP contribution in [0.4, 0.5) is 0 Å². The highest BCUT2D eigenvalue weighted by Crippen LogP contribution is 2.29. The molecule has 1 heterocycles. The van der Waals surface area contributed by atoms with Gasteiger partial charge < -0.3 is 5.73 Å². The average molecular weight is 208 g/mol. The van der Waals surface area contributed by atoms with Crippen LogP contribution in [0.5, 0.6) is 0 Å². The molecule has 2 unspecified atom stereocenters. The highest BCUT2D eigenvalue weighted by atomic mass is 15.4. The Morgan fingerprint density at radius 2 is 2.13 bits per heavy atom. The summed E-state index contributed by atoms with van der Waals surface area (Å²) in [7, 11) is 0. The molecule has 2 atom stereocenters. The van der Waals surface area contributed by atoms with Crippen LogP contribution in [-0.2, 0) is 12.8 Å². The van der Waals surface area contributed by atoms with E-state index in [0.29, 0.717) is 12.1 Å². The number of aromatic nitrogens is 3.